The van der Waals surface area contributed by atoms with E-state index in [9.17, 15) is 0 Å². The lowest BCUT2D eigenvalue weighted by atomic mass is 9.48. The van der Waals surface area contributed by atoms with Crippen LogP contribution in [0.15, 0.2) is 42.0 Å². The van der Waals surface area contributed by atoms with Crippen LogP contribution in [0.1, 0.15) is 33.1 Å². The summed E-state index contributed by atoms with van der Waals surface area (Å²) in [4.78, 5) is 0. The minimum atomic E-state index is 0.566. The summed E-state index contributed by atoms with van der Waals surface area (Å²) < 4.78 is 0. The number of fused-ring (bicyclic) bond motifs is 1. The lowest BCUT2D eigenvalue weighted by molar-refractivity contribution is -0.00789. The number of para-hydroxylation sites is 1. The van der Waals surface area contributed by atoms with E-state index in [0.717, 1.165) is 18.4 Å². The highest BCUT2D eigenvalue weighted by molar-refractivity contribution is 5.42. The summed E-state index contributed by atoms with van der Waals surface area (Å²) in [7, 11) is 0. The Bertz CT molecular complexity index is 444. The van der Waals surface area contributed by atoms with Gasteiger partial charge in [-0.2, -0.15) is 0 Å². The molecule has 0 saturated heterocycles. The number of rotatable bonds is 4. The van der Waals surface area contributed by atoms with Crippen LogP contribution in [0.2, 0.25) is 0 Å². The van der Waals surface area contributed by atoms with Crippen molar-refractivity contribution in [1.82, 2.24) is 0 Å². The summed E-state index contributed by atoms with van der Waals surface area (Å²) in [5.74, 6) is 1.81. The third kappa shape index (κ3) is 1.96. The van der Waals surface area contributed by atoms with E-state index in [1.165, 1.54) is 24.9 Å². The quantitative estimate of drug-likeness (QED) is 0.766. The number of anilines is 1. The van der Waals surface area contributed by atoms with Crippen molar-refractivity contribution in [3.05, 3.63) is 42.0 Å². The molecular formula is C17H23N. The predicted molar refractivity (Wildman–Crippen MR) is 77.6 cm³/mol. The van der Waals surface area contributed by atoms with Gasteiger partial charge in [-0.3, -0.25) is 0 Å². The van der Waals surface area contributed by atoms with Crippen LogP contribution in [-0.4, -0.2) is 6.54 Å². The standard InChI is InChI=1S/C17H23N/c1-17(2)14-9-8-13(16(17)12-14)10-11-18-15-6-4-3-5-7-15/h3-8,14,16,18H,9-12H2,1-2H3. The van der Waals surface area contributed by atoms with Crippen LogP contribution >= 0.6 is 0 Å². The first-order valence-corrected chi connectivity index (χ1v) is 7.16. The molecule has 1 heteroatoms. The van der Waals surface area contributed by atoms with Crippen molar-refractivity contribution >= 4 is 5.69 Å². The minimum Gasteiger partial charge on any atom is -0.385 e. The number of benzene rings is 1. The first-order valence-electron chi connectivity index (χ1n) is 7.16. The lowest BCUT2D eigenvalue weighted by Crippen LogP contribution is -2.48. The van der Waals surface area contributed by atoms with E-state index < -0.39 is 0 Å². The van der Waals surface area contributed by atoms with Crippen molar-refractivity contribution in [3.8, 4) is 0 Å². The monoisotopic (exact) mass is 241 g/mol. The molecular weight excluding hydrogens is 218 g/mol. The van der Waals surface area contributed by atoms with Crippen LogP contribution in [-0.2, 0) is 0 Å². The Balaban J connectivity index is 1.54. The van der Waals surface area contributed by atoms with Gasteiger partial charge in [-0.05, 0) is 48.6 Å². The molecule has 0 heterocycles. The van der Waals surface area contributed by atoms with Crippen LogP contribution in [0.5, 0.6) is 0 Å². The topological polar surface area (TPSA) is 12.0 Å². The van der Waals surface area contributed by atoms with Crippen LogP contribution in [0.25, 0.3) is 0 Å². The fraction of sp³-hybridized carbons (Fsp3) is 0.529. The van der Waals surface area contributed by atoms with Crippen molar-refractivity contribution in [2.75, 3.05) is 11.9 Å². The highest BCUT2D eigenvalue weighted by Crippen LogP contribution is 2.59. The third-order valence-electron chi connectivity index (χ3n) is 5.10. The van der Waals surface area contributed by atoms with Crippen molar-refractivity contribution in [2.24, 2.45) is 17.3 Å². The molecule has 3 aliphatic rings. The van der Waals surface area contributed by atoms with Crippen LogP contribution in [0.4, 0.5) is 5.69 Å². The average molecular weight is 241 g/mol. The maximum Gasteiger partial charge on any atom is 0.0340 e. The number of nitrogens with one attached hydrogen (secondary N) is 1. The molecule has 0 spiro atoms. The van der Waals surface area contributed by atoms with Crippen molar-refractivity contribution in [3.63, 3.8) is 0 Å². The molecule has 1 saturated carbocycles. The summed E-state index contributed by atoms with van der Waals surface area (Å²) in [5, 5.41) is 3.52. The molecule has 0 amide bonds. The predicted octanol–water partition coefficient (Wildman–Crippen LogP) is 4.48. The summed E-state index contributed by atoms with van der Waals surface area (Å²) in [6.45, 7) is 5.96. The highest BCUT2D eigenvalue weighted by Gasteiger charge is 2.50. The molecule has 1 aromatic rings. The van der Waals surface area contributed by atoms with E-state index in [4.69, 9.17) is 0 Å². The van der Waals surface area contributed by atoms with Crippen LogP contribution < -0.4 is 5.32 Å². The molecule has 2 unspecified atom stereocenters. The SMILES string of the molecule is CC1(C)C2CC=C(CCNc3ccccc3)C1C2. The Hall–Kier alpha value is -1.24. The average Bonchev–Trinajstić information content (AvgIpc) is 2.40. The first kappa shape index (κ1) is 11.8. The first-order chi connectivity index (χ1) is 8.68. The molecule has 0 aromatic heterocycles. The maximum atomic E-state index is 3.52. The number of hydrogen-bond donors (Lipinski definition) is 1. The second kappa shape index (κ2) is 4.46. The highest BCUT2D eigenvalue weighted by atomic mass is 14.9. The molecule has 0 radical (unpaired) electrons. The molecule has 1 fully saturated rings. The Morgan fingerprint density at radius 2 is 2.00 bits per heavy atom. The van der Waals surface area contributed by atoms with E-state index in [1.807, 2.05) is 0 Å². The van der Waals surface area contributed by atoms with Gasteiger partial charge in [0, 0.05) is 12.2 Å². The summed E-state index contributed by atoms with van der Waals surface area (Å²) >= 11 is 0. The van der Waals surface area contributed by atoms with Gasteiger partial charge in [-0.1, -0.05) is 43.7 Å². The van der Waals surface area contributed by atoms with Gasteiger partial charge in [0.25, 0.3) is 0 Å². The Morgan fingerprint density at radius 3 is 2.67 bits per heavy atom. The minimum absolute atomic E-state index is 0.566. The fourth-order valence-electron chi connectivity index (χ4n) is 3.66. The largest absolute Gasteiger partial charge is 0.385 e. The zero-order valence-electron chi connectivity index (χ0n) is 11.4. The lowest BCUT2D eigenvalue weighted by Gasteiger charge is -2.56. The second-order valence-electron chi connectivity index (χ2n) is 6.36. The third-order valence-corrected chi connectivity index (χ3v) is 5.10. The van der Waals surface area contributed by atoms with Crippen molar-refractivity contribution < 1.29 is 0 Å². The molecule has 4 rings (SSSR count). The number of hydrogen-bond acceptors (Lipinski definition) is 1. The Kier molecular flexibility index (Phi) is 2.93. The van der Waals surface area contributed by atoms with Gasteiger partial charge < -0.3 is 5.32 Å². The van der Waals surface area contributed by atoms with Crippen LogP contribution in [0.3, 0.4) is 0 Å². The second-order valence-corrected chi connectivity index (χ2v) is 6.36. The molecule has 96 valence electrons. The zero-order valence-corrected chi connectivity index (χ0v) is 11.4. The van der Waals surface area contributed by atoms with Crippen molar-refractivity contribution in [1.29, 1.82) is 0 Å². The summed E-state index contributed by atoms with van der Waals surface area (Å²) in [6, 6.07) is 10.5. The van der Waals surface area contributed by atoms with Gasteiger partial charge in [-0.15, -0.1) is 0 Å². The van der Waals surface area contributed by atoms with Gasteiger partial charge in [0.1, 0.15) is 0 Å². The molecule has 1 aromatic carbocycles. The Labute approximate surface area is 110 Å². The smallest absolute Gasteiger partial charge is 0.0340 e. The molecule has 1 N–H and O–H groups in total. The molecule has 1 nitrogen and oxygen atoms in total. The molecule has 18 heavy (non-hydrogen) atoms. The van der Waals surface area contributed by atoms with Gasteiger partial charge in [0.15, 0.2) is 0 Å². The van der Waals surface area contributed by atoms with Crippen molar-refractivity contribution in [2.45, 2.75) is 33.1 Å². The normalized spacial score (nSPS) is 28.2. The maximum absolute atomic E-state index is 3.52. The molecule has 0 aliphatic heterocycles. The summed E-state index contributed by atoms with van der Waals surface area (Å²) in [6.07, 6.45) is 6.46. The summed E-state index contributed by atoms with van der Waals surface area (Å²) in [5.41, 5.74) is 3.50. The van der Waals surface area contributed by atoms with Gasteiger partial charge in [0.05, 0.1) is 0 Å². The molecule has 3 aliphatic carbocycles. The van der Waals surface area contributed by atoms with Crippen LogP contribution in [0, 0.1) is 17.3 Å². The van der Waals surface area contributed by atoms with E-state index in [0.29, 0.717) is 5.41 Å². The van der Waals surface area contributed by atoms with E-state index >= 15 is 0 Å². The fourth-order valence-corrected chi connectivity index (χ4v) is 3.66. The Morgan fingerprint density at radius 1 is 1.22 bits per heavy atom. The zero-order chi connectivity index (χ0) is 12.6. The van der Waals surface area contributed by atoms with E-state index in [2.05, 4.69) is 55.6 Å². The number of allylic oxidation sites excluding steroid dienone is 1. The molecule has 2 bridgehead atoms. The van der Waals surface area contributed by atoms with E-state index in [-0.39, 0.29) is 0 Å². The van der Waals surface area contributed by atoms with Gasteiger partial charge in [0.2, 0.25) is 0 Å². The van der Waals surface area contributed by atoms with Gasteiger partial charge in [-0.25, -0.2) is 0 Å². The molecule has 2 atom stereocenters. The van der Waals surface area contributed by atoms with Gasteiger partial charge >= 0.3 is 0 Å². The van der Waals surface area contributed by atoms with E-state index in [1.54, 1.807) is 5.57 Å².